The largest absolute Gasteiger partial charge is 0.494 e. The van der Waals surface area contributed by atoms with Crippen molar-refractivity contribution in [3.8, 4) is 5.75 Å². The highest BCUT2D eigenvalue weighted by Crippen LogP contribution is 2.34. The SMILES string of the molecule is CCCCOc1ccc(/C=N/NC(=O)CNC(=O)c2sc3ccccc3c2Cl)cc1. The first-order valence-corrected chi connectivity index (χ1v) is 10.8. The summed E-state index contributed by atoms with van der Waals surface area (Å²) in [6.07, 6.45) is 3.63. The number of carbonyl (C=O) groups is 2. The monoisotopic (exact) mass is 443 g/mol. The summed E-state index contributed by atoms with van der Waals surface area (Å²) in [6.45, 7) is 2.60. The van der Waals surface area contributed by atoms with E-state index >= 15 is 0 Å². The summed E-state index contributed by atoms with van der Waals surface area (Å²) in [7, 11) is 0. The average molecular weight is 444 g/mol. The second-order valence-corrected chi connectivity index (χ2v) is 7.92. The molecule has 1 aromatic heterocycles. The van der Waals surface area contributed by atoms with Crippen molar-refractivity contribution in [3.05, 3.63) is 64.0 Å². The molecule has 0 aliphatic carbocycles. The summed E-state index contributed by atoms with van der Waals surface area (Å²) in [5.74, 6) is -0.0254. The zero-order chi connectivity index (χ0) is 21.3. The fourth-order valence-electron chi connectivity index (χ4n) is 2.60. The van der Waals surface area contributed by atoms with Gasteiger partial charge in [0.05, 0.1) is 24.4 Å². The van der Waals surface area contributed by atoms with Crippen molar-refractivity contribution >= 4 is 51.1 Å². The van der Waals surface area contributed by atoms with Crippen LogP contribution in [0.1, 0.15) is 35.0 Å². The first-order chi connectivity index (χ1) is 14.6. The lowest BCUT2D eigenvalue weighted by Gasteiger charge is -2.05. The molecule has 8 heteroatoms. The molecule has 6 nitrogen and oxygen atoms in total. The molecular formula is C22H22ClN3O3S. The van der Waals surface area contributed by atoms with E-state index in [2.05, 4.69) is 22.8 Å². The Bertz CT molecular complexity index is 1050. The van der Waals surface area contributed by atoms with Crippen molar-refractivity contribution < 1.29 is 14.3 Å². The third-order valence-corrected chi connectivity index (χ3v) is 5.87. The van der Waals surface area contributed by atoms with Crippen LogP contribution in [0.4, 0.5) is 0 Å². The van der Waals surface area contributed by atoms with Gasteiger partial charge in [-0.1, -0.05) is 43.1 Å². The molecule has 3 rings (SSSR count). The maximum Gasteiger partial charge on any atom is 0.263 e. The van der Waals surface area contributed by atoms with E-state index in [1.807, 2.05) is 48.5 Å². The predicted octanol–water partition coefficient (Wildman–Crippen LogP) is 4.61. The van der Waals surface area contributed by atoms with Gasteiger partial charge in [0.15, 0.2) is 0 Å². The first kappa shape index (κ1) is 21.8. The van der Waals surface area contributed by atoms with Crippen molar-refractivity contribution in [2.45, 2.75) is 19.8 Å². The van der Waals surface area contributed by atoms with Crippen LogP contribution in [-0.4, -0.2) is 31.2 Å². The number of hydrogen-bond donors (Lipinski definition) is 2. The van der Waals surface area contributed by atoms with Crippen molar-refractivity contribution in [3.63, 3.8) is 0 Å². The fourth-order valence-corrected chi connectivity index (χ4v) is 4.04. The maximum absolute atomic E-state index is 12.3. The minimum atomic E-state index is -0.434. The number of carbonyl (C=O) groups excluding carboxylic acids is 2. The van der Waals surface area contributed by atoms with Crippen LogP contribution >= 0.6 is 22.9 Å². The lowest BCUT2D eigenvalue weighted by atomic mass is 10.2. The van der Waals surface area contributed by atoms with Gasteiger partial charge in [0, 0.05) is 10.1 Å². The molecule has 1 heterocycles. The highest BCUT2D eigenvalue weighted by Gasteiger charge is 2.17. The summed E-state index contributed by atoms with van der Waals surface area (Å²) in [6, 6.07) is 14.9. The number of unbranched alkanes of at least 4 members (excludes halogenated alkanes) is 1. The number of halogens is 1. The summed E-state index contributed by atoms with van der Waals surface area (Å²) in [5, 5.41) is 7.70. The van der Waals surface area contributed by atoms with Crippen LogP contribution in [0, 0.1) is 0 Å². The minimum absolute atomic E-state index is 0.203. The van der Waals surface area contributed by atoms with E-state index in [1.54, 1.807) is 0 Å². The number of benzene rings is 2. The van der Waals surface area contributed by atoms with Crippen LogP contribution in [0.15, 0.2) is 53.6 Å². The van der Waals surface area contributed by atoms with Crippen LogP contribution in [0.3, 0.4) is 0 Å². The molecule has 0 fully saturated rings. The smallest absolute Gasteiger partial charge is 0.263 e. The van der Waals surface area contributed by atoms with Gasteiger partial charge < -0.3 is 10.1 Å². The number of hydrazone groups is 1. The van der Waals surface area contributed by atoms with Crippen LogP contribution in [0.5, 0.6) is 5.75 Å². The molecule has 0 radical (unpaired) electrons. The van der Waals surface area contributed by atoms with Gasteiger partial charge >= 0.3 is 0 Å². The van der Waals surface area contributed by atoms with Crippen LogP contribution in [0.25, 0.3) is 10.1 Å². The molecule has 30 heavy (non-hydrogen) atoms. The van der Waals surface area contributed by atoms with Gasteiger partial charge in [-0.25, -0.2) is 5.43 Å². The number of thiophene rings is 1. The van der Waals surface area contributed by atoms with Gasteiger partial charge in [-0.05, 0) is 42.3 Å². The molecule has 0 atom stereocenters. The Morgan fingerprint density at radius 3 is 2.67 bits per heavy atom. The molecule has 2 amide bonds. The molecule has 0 unspecified atom stereocenters. The lowest BCUT2D eigenvalue weighted by molar-refractivity contribution is -0.120. The molecule has 2 N–H and O–H groups in total. The molecule has 156 valence electrons. The predicted molar refractivity (Wildman–Crippen MR) is 122 cm³/mol. The number of amides is 2. The van der Waals surface area contributed by atoms with E-state index in [4.69, 9.17) is 16.3 Å². The van der Waals surface area contributed by atoms with E-state index in [1.165, 1.54) is 17.6 Å². The Balaban J connectivity index is 1.46. The van der Waals surface area contributed by atoms with Gasteiger partial charge in [0.2, 0.25) is 0 Å². The van der Waals surface area contributed by atoms with Gasteiger partial charge in [0.25, 0.3) is 11.8 Å². The zero-order valence-electron chi connectivity index (χ0n) is 16.5. The Hall–Kier alpha value is -2.90. The van der Waals surface area contributed by atoms with Gasteiger partial charge in [-0.2, -0.15) is 5.10 Å². The highest BCUT2D eigenvalue weighted by molar-refractivity contribution is 7.21. The molecule has 0 saturated carbocycles. The van der Waals surface area contributed by atoms with Crippen LogP contribution in [-0.2, 0) is 4.79 Å². The van der Waals surface area contributed by atoms with E-state index < -0.39 is 5.91 Å². The fraction of sp³-hybridized carbons (Fsp3) is 0.227. The normalized spacial score (nSPS) is 11.0. The standard InChI is InChI=1S/C22H22ClN3O3S/c1-2-3-12-29-16-10-8-15(9-11-16)13-25-26-19(27)14-24-22(28)21-20(23)17-6-4-5-7-18(17)30-21/h4-11,13H,2-3,12,14H2,1H3,(H,24,28)(H,26,27)/b25-13+. The highest BCUT2D eigenvalue weighted by atomic mass is 35.5. The molecule has 2 aromatic carbocycles. The first-order valence-electron chi connectivity index (χ1n) is 9.58. The number of nitrogens with zero attached hydrogens (tertiary/aromatic N) is 1. The van der Waals surface area contributed by atoms with Gasteiger partial charge in [-0.3, -0.25) is 9.59 Å². The topological polar surface area (TPSA) is 79.8 Å². The Labute approximate surface area is 183 Å². The van der Waals surface area contributed by atoms with E-state index in [9.17, 15) is 9.59 Å². The quantitative estimate of drug-likeness (QED) is 0.288. The van der Waals surface area contributed by atoms with Crippen LogP contribution < -0.4 is 15.5 Å². The third-order valence-electron chi connectivity index (χ3n) is 4.20. The summed E-state index contributed by atoms with van der Waals surface area (Å²) < 4.78 is 6.52. The average Bonchev–Trinajstić information content (AvgIpc) is 3.10. The number of hydrogen-bond acceptors (Lipinski definition) is 5. The zero-order valence-corrected chi connectivity index (χ0v) is 18.1. The number of rotatable bonds is 9. The minimum Gasteiger partial charge on any atom is -0.494 e. The van der Waals surface area contributed by atoms with E-state index in [0.29, 0.717) is 16.5 Å². The molecule has 0 aliphatic rings. The van der Waals surface area contributed by atoms with E-state index in [-0.39, 0.29) is 12.5 Å². The second-order valence-electron chi connectivity index (χ2n) is 6.49. The maximum atomic E-state index is 12.3. The molecular weight excluding hydrogens is 422 g/mol. The second kappa shape index (κ2) is 10.8. The Kier molecular flexibility index (Phi) is 7.82. The van der Waals surface area contributed by atoms with E-state index in [0.717, 1.165) is 34.2 Å². The summed E-state index contributed by atoms with van der Waals surface area (Å²) in [4.78, 5) is 24.7. The number of nitrogens with one attached hydrogen (secondary N) is 2. The summed E-state index contributed by atoms with van der Waals surface area (Å²) >= 11 is 7.57. The lowest BCUT2D eigenvalue weighted by Crippen LogP contribution is -2.34. The molecule has 0 spiro atoms. The molecule has 0 bridgehead atoms. The van der Waals surface area contributed by atoms with Crippen molar-refractivity contribution in [2.24, 2.45) is 5.10 Å². The molecule has 3 aromatic rings. The third kappa shape index (κ3) is 5.81. The number of ether oxygens (including phenoxy) is 1. The van der Waals surface area contributed by atoms with Gasteiger partial charge in [0.1, 0.15) is 10.6 Å². The van der Waals surface area contributed by atoms with Crippen molar-refractivity contribution in [2.75, 3.05) is 13.2 Å². The molecule has 0 aliphatic heterocycles. The Morgan fingerprint density at radius 1 is 1.17 bits per heavy atom. The summed E-state index contributed by atoms with van der Waals surface area (Å²) in [5.41, 5.74) is 3.21. The van der Waals surface area contributed by atoms with Crippen LogP contribution in [0.2, 0.25) is 5.02 Å². The van der Waals surface area contributed by atoms with Crippen molar-refractivity contribution in [1.29, 1.82) is 0 Å². The Morgan fingerprint density at radius 2 is 1.93 bits per heavy atom. The van der Waals surface area contributed by atoms with Gasteiger partial charge in [-0.15, -0.1) is 11.3 Å². The number of fused-ring (bicyclic) bond motifs is 1. The van der Waals surface area contributed by atoms with Crippen molar-refractivity contribution in [1.82, 2.24) is 10.7 Å². The molecule has 0 saturated heterocycles.